The number of rotatable bonds is 4. The minimum Gasteiger partial charge on any atom is -0.507 e. The number of halogens is 2. The van der Waals surface area contributed by atoms with Crippen LogP contribution in [0.25, 0.3) is 28.0 Å². The number of phenolic OH excluding ortho intramolecular Hbond substituents is 1. The SMILES string of the molecule is C=CC(=O)N1CCN(c2nc(=O)n(-c3c(C)ccnc3C)c3nc(-c4c(O)cccc4F)c(F)cc23)CC1. The molecular weight excluding hydrogens is 494 g/mol. The van der Waals surface area contributed by atoms with Gasteiger partial charge in [0.15, 0.2) is 11.5 Å². The van der Waals surface area contributed by atoms with Crippen LogP contribution in [0.3, 0.4) is 0 Å². The van der Waals surface area contributed by atoms with Crippen molar-refractivity contribution in [1.82, 2.24) is 24.4 Å². The lowest BCUT2D eigenvalue weighted by Crippen LogP contribution is -2.49. The lowest BCUT2D eigenvalue weighted by atomic mass is 10.1. The van der Waals surface area contributed by atoms with E-state index in [0.29, 0.717) is 43.1 Å². The highest BCUT2D eigenvalue weighted by Gasteiger charge is 2.27. The van der Waals surface area contributed by atoms with Gasteiger partial charge in [0, 0.05) is 32.4 Å². The molecule has 4 aromatic rings. The van der Waals surface area contributed by atoms with E-state index in [4.69, 9.17) is 0 Å². The molecule has 0 bridgehead atoms. The molecule has 4 heterocycles. The van der Waals surface area contributed by atoms with E-state index < -0.39 is 34.3 Å². The number of hydrogen-bond donors (Lipinski definition) is 1. The van der Waals surface area contributed by atoms with Crippen molar-refractivity contribution < 1.29 is 18.7 Å². The van der Waals surface area contributed by atoms with Crippen molar-refractivity contribution in [2.24, 2.45) is 0 Å². The molecule has 1 fully saturated rings. The molecule has 1 aromatic carbocycles. The molecule has 5 rings (SSSR count). The summed E-state index contributed by atoms with van der Waals surface area (Å²) in [6, 6.07) is 6.48. The maximum absolute atomic E-state index is 15.6. The molecule has 0 aliphatic carbocycles. The van der Waals surface area contributed by atoms with E-state index in [1.54, 1.807) is 35.9 Å². The molecule has 38 heavy (non-hydrogen) atoms. The summed E-state index contributed by atoms with van der Waals surface area (Å²) in [5.41, 5.74) is 0.126. The van der Waals surface area contributed by atoms with Crippen LogP contribution >= 0.6 is 0 Å². The number of amides is 1. The quantitative estimate of drug-likeness (QED) is 0.414. The minimum atomic E-state index is -0.897. The van der Waals surface area contributed by atoms with Crippen LogP contribution in [0.4, 0.5) is 14.6 Å². The molecule has 0 radical (unpaired) electrons. The van der Waals surface area contributed by atoms with E-state index in [0.717, 1.165) is 12.1 Å². The fraction of sp³-hybridized carbons (Fsp3) is 0.222. The van der Waals surface area contributed by atoms with Crippen molar-refractivity contribution >= 4 is 22.8 Å². The maximum Gasteiger partial charge on any atom is 0.355 e. The number of aromatic nitrogens is 4. The summed E-state index contributed by atoms with van der Waals surface area (Å²) in [7, 11) is 0. The zero-order valence-electron chi connectivity index (χ0n) is 20.8. The molecule has 1 aliphatic heterocycles. The standard InChI is InChI=1S/C27H24F2N6O3/c1-4-21(37)33-10-12-34(13-11-33)25-17-14-19(29)23(22-18(28)6-5-7-20(22)36)31-26(17)35(27(38)32-25)24-15(2)8-9-30-16(24)3/h4-9,14,36H,1,10-13H2,2-3H3. The molecule has 1 aliphatic rings. The molecule has 194 valence electrons. The van der Waals surface area contributed by atoms with Crippen LogP contribution in [0, 0.1) is 25.5 Å². The molecule has 0 atom stereocenters. The van der Waals surface area contributed by atoms with Crippen LogP contribution in [0.15, 0.2) is 54.0 Å². The predicted octanol–water partition coefficient (Wildman–Crippen LogP) is 3.28. The number of anilines is 1. The molecule has 1 N–H and O–H groups in total. The van der Waals surface area contributed by atoms with Gasteiger partial charge in [0.1, 0.15) is 23.1 Å². The van der Waals surface area contributed by atoms with Crippen molar-refractivity contribution in [2.45, 2.75) is 13.8 Å². The fourth-order valence-electron chi connectivity index (χ4n) is 4.76. The third kappa shape index (κ3) is 4.15. The van der Waals surface area contributed by atoms with Gasteiger partial charge in [-0.25, -0.2) is 23.1 Å². The summed E-state index contributed by atoms with van der Waals surface area (Å²) in [5, 5.41) is 10.5. The Bertz CT molecular complexity index is 1620. The first-order chi connectivity index (χ1) is 18.2. The van der Waals surface area contributed by atoms with Crippen LogP contribution in [0.1, 0.15) is 11.3 Å². The highest BCUT2D eigenvalue weighted by atomic mass is 19.1. The number of carbonyl (C=O) groups is 1. The van der Waals surface area contributed by atoms with Gasteiger partial charge in [0.25, 0.3) is 0 Å². The first-order valence-electron chi connectivity index (χ1n) is 11.9. The van der Waals surface area contributed by atoms with E-state index in [1.165, 1.54) is 22.8 Å². The van der Waals surface area contributed by atoms with Gasteiger partial charge in [-0.3, -0.25) is 9.78 Å². The topological polar surface area (TPSA) is 104 Å². The number of fused-ring (bicyclic) bond motifs is 1. The molecule has 0 spiro atoms. The molecule has 3 aromatic heterocycles. The van der Waals surface area contributed by atoms with Crippen molar-refractivity contribution in [3.63, 3.8) is 0 Å². The zero-order chi connectivity index (χ0) is 27.1. The zero-order valence-corrected chi connectivity index (χ0v) is 20.8. The number of aromatic hydroxyl groups is 1. The number of carbonyl (C=O) groups excluding carboxylic acids is 1. The number of hydrogen-bond acceptors (Lipinski definition) is 7. The Morgan fingerprint density at radius 1 is 1.08 bits per heavy atom. The number of nitrogens with zero attached hydrogens (tertiary/aromatic N) is 6. The molecule has 11 heteroatoms. The summed E-state index contributed by atoms with van der Waals surface area (Å²) in [5.74, 6) is -2.26. The van der Waals surface area contributed by atoms with Crippen molar-refractivity contribution in [3.05, 3.63) is 82.6 Å². The Morgan fingerprint density at radius 3 is 2.47 bits per heavy atom. The van der Waals surface area contributed by atoms with E-state index in [1.807, 2.05) is 0 Å². The monoisotopic (exact) mass is 518 g/mol. The third-order valence-corrected chi connectivity index (χ3v) is 6.63. The van der Waals surface area contributed by atoms with E-state index >= 15 is 4.39 Å². The van der Waals surface area contributed by atoms with Crippen LogP contribution < -0.4 is 10.6 Å². The number of aryl methyl sites for hydroxylation is 2. The molecule has 1 amide bonds. The number of phenols is 1. The number of benzene rings is 1. The first kappa shape index (κ1) is 25.0. The van der Waals surface area contributed by atoms with Crippen LogP contribution in [0.5, 0.6) is 5.75 Å². The second kappa shape index (κ2) is 9.66. The predicted molar refractivity (Wildman–Crippen MR) is 138 cm³/mol. The number of pyridine rings is 2. The first-order valence-corrected chi connectivity index (χ1v) is 11.9. The van der Waals surface area contributed by atoms with Gasteiger partial charge in [-0.1, -0.05) is 12.6 Å². The Morgan fingerprint density at radius 2 is 1.82 bits per heavy atom. The normalized spacial score (nSPS) is 13.7. The summed E-state index contributed by atoms with van der Waals surface area (Å²) >= 11 is 0. The average Bonchev–Trinajstić information content (AvgIpc) is 2.89. The molecule has 1 saturated heterocycles. The van der Waals surface area contributed by atoms with Gasteiger partial charge >= 0.3 is 5.69 Å². The van der Waals surface area contributed by atoms with Gasteiger partial charge in [0.2, 0.25) is 5.91 Å². The Labute approximate surface area is 216 Å². The van der Waals surface area contributed by atoms with Gasteiger partial charge in [0.05, 0.1) is 22.3 Å². The maximum atomic E-state index is 15.6. The van der Waals surface area contributed by atoms with Crippen molar-refractivity contribution in [3.8, 4) is 22.7 Å². The molecule has 0 saturated carbocycles. The molecular formula is C27H24F2N6O3. The van der Waals surface area contributed by atoms with Crippen molar-refractivity contribution in [1.29, 1.82) is 0 Å². The lowest BCUT2D eigenvalue weighted by molar-refractivity contribution is -0.126. The molecule has 0 unspecified atom stereocenters. The van der Waals surface area contributed by atoms with Crippen LogP contribution in [-0.4, -0.2) is 61.6 Å². The third-order valence-electron chi connectivity index (χ3n) is 6.63. The van der Waals surface area contributed by atoms with E-state index in [9.17, 15) is 19.1 Å². The summed E-state index contributed by atoms with van der Waals surface area (Å²) in [4.78, 5) is 42.0. The summed E-state index contributed by atoms with van der Waals surface area (Å²) in [6.45, 7) is 8.42. The van der Waals surface area contributed by atoms with Crippen LogP contribution in [0.2, 0.25) is 0 Å². The summed E-state index contributed by atoms with van der Waals surface area (Å²) < 4.78 is 31.5. The Kier molecular flexibility index (Phi) is 6.35. The smallest absolute Gasteiger partial charge is 0.355 e. The Hall–Kier alpha value is -4.67. The van der Waals surface area contributed by atoms with Crippen molar-refractivity contribution in [2.75, 3.05) is 31.1 Å². The summed E-state index contributed by atoms with van der Waals surface area (Å²) in [6.07, 6.45) is 2.84. The minimum absolute atomic E-state index is 0.0304. The van der Waals surface area contributed by atoms with E-state index in [-0.39, 0.29) is 22.8 Å². The highest BCUT2D eigenvalue weighted by molar-refractivity contribution is 5.91. The highest BCUT2D eigenvalue weighted by Crippen LogP contribution is 2.35. The van der Waals surface area contributed by atoms with Crippen LogP contribution in [-0.2, 0) is 4.79 Å². The van der Waals surface area contributed by atoms with Gasteiger partial charge in [-0.15, -0.1) is 0 Å². The second-order valence-corrected chi connectivity index (χ2v) is 8.96. The largest absolute Gasteiger partial charge is 0.507 e. The number of piperazine rings is 1. The van der Waals surface area contributed by atoms with Gasteiger partial charge in [-0.05, 0) is 49.8 Å². The molecule has 9 nitrogen and oxygen atoms in total. The van der Waals surface area contributed by atoms with Gasteiger partial charge < -0.3 is 14.9 Å². The lowest BCUT2D eigenvalue weighted by Gasteiger charge is -2.35. The van der Waals surface area contributed by atoms with Gasteiger partial charge in [-0.2, -0.15) is 4.98 Å². The Balaban J connectivity index is 1.78. The second-order valence-electron chi connectivity index (χ2n) is 8.96. The average molecular weight is 519 g/mol. The fourth-order valence-corrected chi connectivity index (χ4v) is 4.76. The van der Waals surface area contributed by atoms with E-state index in [2.05, 4.69) is 21.5 Å².